The molecule has 0 aliphatic carbocycles. The molecule has 3 aromatic carbocycles. The predicted octanol–water partition coefficient (Wildman–Crippen LogP) is 4.30. The summed E-state index contributed by atoms with van der Waals surface area (Å²) in [6.07, 6.45) is -0.816. The zero-order valence-corrected chi connectivity index (χ0v) is 16.1. The van der Waals surface area contributed by atoms with E-state index in [-0.39, 0.29) is 23.0 Å². The fraction of sp³-hybridized carbons (Fsp3) is 0.136. The summed E-state index contributed by atoms with van der Waals surface area (Å²) >= 11 is 0. The van der Waals surface area contributed by atoms with Gasteiger partial charge in [-0.2, -0.15) is 8.42 Å². The lowest BCUT2D eigenvalue weighted by atomic mass is 10.1. The molecule has 1 unspecified atom stereocenters. The van der Waals surface area contributed by atoms with Gasteiger partial charge in [0.2, 0.25) is 0 Å². The molecule has 0 saturated carbocycles. The van der Waals surface area contributed by atoms with E-state index in [4.69, 9.17) is 8.92 Å². The molecular weight excluding hydrogens is 376 g/mol. The maximum atomic E-state index is 12.4. The zero-order chi connectivity index (χ0) is 20.0. The van der Waals surface area contributed by atoms with Crippen molar-refractivity contribution in [3.8, 4) is 5.75 Å². The number of ether oxygens (including phenoxy) is 1. The van der Waals surface area contributed by atoms with Crippen molar-refractivity contribution in [3.63, 3.8) is 0 Å². The van der Waals surface area contributed by atoms with Crippen LogP contribution in [0.4, 0.5) is 0 Å². The summed E-state index contributed by atoms with van der Waals surface area (Å²) in [5.41, 5.74) is 1.47. The summed E-state index contributed by atoms with van der Waals surface area (Å²) < 4.78 is 35.8. The number of Topliss-reactive ketones (excluding diaryl/α,β-unsaturated/α-hetero) is 1. The molecule has 0 radical (unpaired) electrons. The summed E-state index contributed by atoms with van der Waals surface area (Å²) in [7, 11) is -3.96. The third-order valence-corrected chi connectivity index (χ3v) is 5.29. The molecule has 0 fully saturated rings. The minimum Gasteiger partial charge on any atom is -0.379 e. The van der Waals surface area contributed by atoms with Crippen LogP contribution in [0.1, 0.15) is 24.2 Å². The van der Waals surface area contributed by atoms with Crippen molar-refractivity contribution in [2.75, 3.05) is 0 Å². The molecule has 0 spiro atoms. The van der Waals surface area contributed by atoms with Gasteiger partial charge >= 0.3 is 10.1 Å². The highest BCUT2D eigenvalue weighted by atomic mass is 32.2. The van der Waals surface area contributed by atoms with Crippen LogP contribution in [0.5, 0.6) is 5.75 Å². The van der Waals surface area contributed by atoms with E-state index in [0.29, 0.717) is 5.56 Å². The Morgan fingerprint density at radius 2 is 1.54 bits per heavy atom. The molecular formula is C22H20O5S. The van der Waals surface area contributed by atoms with E-state index in [2.05, 4.69) is 0 Å². The lowest BCUT2D eigenvalue weighted by Gasteiger charge is -2.16. The van der Waals surface area contributed by atoms with Gasteiger partial charge in [0, 0.05) is 0 Å². The molecule has 0 aromatic heterocycles. The molecule has 0 saturated heterocycles. The zero-order valence-electron chi connectivity index (χ0n) is 15.3. The summed E-state index contributed by atoms with van der Waals surface area (Å²) in [6.45, 7) is 1.70. The standard InChI is InChI=1S/C22H20O5S/c1-17(23)22(26-16-18-9-4-2-5-10-18)19-11-8-12-20(15-19)27-28(24,25)21-13-6-3-7-14-21/h2-15,22H,16H2,1H3. The highest BCUT2D eigenvalue weighted by Gasteiger charge is 2.20. The Bertz CT molecular complexity index is 1030. The first-order chi connectivity index (χ1) is 13.5. The molecule has 3 aromatic rings. The fourth-order valence-corrected chi connectivity index (χ4v) is 3.64. The molecule has 1 atom stereocenters. The number of rotatable bonds is 8. The van der Waals surface area contributed by atoms with Gasteiger partial charge in [-0.1, -0.05) is 60.7 Å². The van der Waals surface area contributed by atoms with Gasteiger partial charge in [0.25, 0.3) is 0 Å². The quantitative estimate of drug-likeness (QED) is 0.531. The lowest BCUT2D eigenvalue weighted by molar-refractivity contribution is -0.129. The first kappa shape index (κ1) is 19.8. The maximum Gasteiger partial charge on any atom is 0.339 e. The van der Waals surface area contributed by atoms with Crippen LogP contribution in [0, 0.1) is 0 Å². The van der Waals surface area contributed by atoms with Gasteiger partial charge < -0.3 is 8.92 Å². The smallest absolute Gasteiger partial charge is 0.339 e. The minimum atomic E-state index is -3.96. The molecule has 144 valence electrons. The second-order valence-corrected chi connectivity index (χ2v) is 7.76. The van der Waals surface area contributed by atoms with Gasteiger partial charge in [-0.25, -0.2) is 0 Å². The molecule has 0 aliphatic rings. The summed E-state index contributed by atoms with van der Waals surface area (Å²) in [5.74, 6) is -0.0603. The van der Waals surface area contributed by atoms with Gasteiger partial charge in [-0.3, -0.25) is 4.79 Å². The molecule has 0 N–H and O–H groups in total. The number of carbonyl (C=O) groups excluding carboxylic acids is 1. The number of hydrogen-bond acceptors (Lipinski definition) is 5. The topological polar surface area (TPSA) is 69.7 Å². The summed E-state index contributed by atoms with van der Waals surface area (Å²) in [4.78, 5) is 12.2. The summed E-state index contributed by atoms with van der Waals surface area (Å²) in [5, 5.41) is 0. The van der Waals surface area contributed by atoms with E-state index in [0.717, 1.165) is 5.56 Å². The van der Waals surface area contributed by atoms with E-state index in [1.807, 2.05) is 30.3 Å². The Hall–Kier alpha value is -2.96. The van der Waals surface area contributed by atoms with Gasteiger partial charge in [-0.05, 0) is 42.3 Å². The normalized spacial score (nSPS) is 12.3. The van der Waals surface area contributed by atoms with E-state index in [1.165, 1.54) is 31.2 Å². The number of hydrogen-bond donors (Lipinski definition) is 0. The first-order valence-electron chi connectivity index (χ1n) is 8.71. The Labute approximate surface area is 164 Å². The Morgan fingerprint density at radius 1 is 0.893 bits per heavy atom. The van der Waals surface area contributed by atoms with Crippen LogP contribution in [0.3, 0.4) is 0 Å². The molecule has 3 rings (SSSR count). The van der Waals surface area contributed by atoms with Crippen LogP contribution in [-0.2, 0) is 26.3 Å². The van der Waals surface area contributed by atoms with Crippen LogP contribution in [0.25, 0.3) is 0 Å². The number of benzene rings is 3. The Kier molecular flexibility index (Phi) is 6.23. The maximum absolute atomic E-state index is 12.4. The molecule has 0 bridgehead atoms. The van der Waals surface area contributed by atoms with Crippen LogP contribution in [0.15, 0.2) is 89.8 Å². The molecule has 0 aliphatic heterocycles. The van der Waals surface area contributed by atoms with E-state index in [1.54, 1.807) is 30.3 Å². The van der Waals surface area contributed by atoms with Gasteiger partial charge in [0.15, 0.2) is 5.78 Å². The van der Waals surface area contributed by atoms with Crippen molar-refractivity contribution in [1.29, 1.82) is 0 Å². The second-order valence-electron chi connectivity index (χ2n) is 6.21. The molecule has 6 heteroatoms. The van der Waals surface area contributed by atoms with E-state index >= 15 is 0 Å². The molecule has 5 nitrogen and oxygen atoms in total. The monoisotopic (exact) mass is 396 g/mol. The van der Waals surface area contributed by atoms with Crippen molar-refractivity contribution >= 4 is 15.9 Å². The van der Waals surface area contributed by atoms with Crippen molar-refractivity contribution in [2.24, 2.45) is 0 Å². The second kappa shape index (κ2) is 8.82. The van der Waals surface area contributed by atoms with Crippen LogP contribution < -0.4 is 4.18 Å². The SMILES string of the molecule is CC(=O)C(OCc1ccccc1)c1cccc(OS(=O)(=O)c2ccccc2)c1. The molecule has 0 heterocycles. The third-order valence-electron chi connectivity index (χ3n) is 4.03. The Morgan fingerprint density at radius 3 is 2.18 bits per heavy atom. The van der Waals surface area contributed by atoms with Crippen molar-refractivity contribution in [2.45, 2.75) is 24.5 Å². The summed E-state index contributed by atoms with van der Waals surface area (Å²) in [6, 6.07) is 23.8. The van der Waals surface area contributed by atoms with Crippen LogP contribution in [-0.4, -0.2) is 14.2 Å². The van der Waals surface area contributed by atoms with Crippen molar-refractivity contribution in [3.05, 3.63) is 96.1 Å². The highest BCUT2D eigenvalue weighted by molar-refractivity contribution is 7.87. The van der Waals surface area contributed by atoms with Crippen molar-refractivity contribution in [1.82, 2.24) is 0 Å². The average Bonchev–Trinajstić information content (AvgIpc) is 2.69. The van der Waals surface area contributed by atoms with Crippen LogP contribution in [0.2, 0.25) is 0 Å². The molecule has 28 heavy (non-hydrogen) atoms. The van der Waals surface area contributed by atoms with Gasteiger partial charge in [-0.15, -0.1) is 0 Å². The third kappa shape index (κ3) is 5.06. The minimum absolute atomic E-state index is 0.0591. The van der Waals surface area contributed by atoms with Crippen molar-refractivity contribution < 1.29 is 22.1 Å². The first-order valence-corrected chi connectivity index (χ1v) is 10.1. The average molecular weight is 396 g/mol. The number of carbonyl (C=O) groups is 1. The fourth-order valence-electron chi connectivity index (χ4n) is 2.69. The van der Waals surface area contributed by atoms with E-state index in [9.17, 15) is 13.2 Å². The lowest BCUT2D eigenvalue weighted by Crippen LogP contribution is -2.14. The molecule has 0 amide bonds. The highest BCUT2D eigenvalue weighted by Crippen LogP contribution is 2.26. The largest absolute Gasteiger partial charge is 0.379 e. The van der Waals surface area contributed by atoms with Gasteiger partial charge in [0.05, 0.1) is 6.61 Å². The van der Waals surface area contributed by atoms with E-state index < -0.39 is 16.2 Å². The number of ketones is 1. The predicted molar refractivity (Wildman–Crippen MR) is 105 cm³/mol. The van der Waals surface area contributed by atoms with Crippen LogP contribution >= 0.6 is 0 Å². The van der Waals surface area contributed by atoms with Gasteiger partial charge in [0.1, 0.15) is 16.7 Å². The Balaban J connectivity index is 1.79.